The molecule has 1 aliphatic heterocycles. The molecule has 0 aliphatic carbocycles. The van der Waals surface area contributed by atoms with Gasteiger partial charge in [-0.25, -0.2) is 0 Å². The molecule has 154 valence electrons. The highest BCUT2D eigenvalue weighted by Gasteiger charge is 2.47. The number of hydrogen-bond acceptors (Lipinski definition) is 4. The molecule has 2 unspecified atom stereocenters. The summed E-state index contributed by atoms with van der Waals surface area (Å²) in [5.41, 5.74) is 2.16. The van der Waals surface area contributed by atoms with Crippen molar-refractivity contribution in [2.75, 3.05) is 12.3 Å². The van der Waals surface area contributed by atoms with E-state index in [1.807, 2.05) is 12.1 Å². The molecule has 7 nitrogen and oxygen atoms in total. The maximum atomic E-state index is 11.5. The van der Waals surface area contributed by atoms with Crippen LogP contribution in [0.15, 0.2) is 35.2 Å². The van der Waals surface area contributed by atoms with E-state index < -0.39 is 20.2 Å². The summed E-state index contributed by atoms with van der Waals surface area (Å²) in [6, 6.07) is 8.72. The number of nitrogens with one attached hydrogen (secondary N) is 1. The predicted octanol–water partition coefficient (Wildman–Crippen LogP) is 1.95. The van der Waals surface area contributed by atoms with E-state index in [4.69, 9.17) is 4.55 Å². The van der Waals surface area contributed by atoms with Crippen molar-refractivity contribution in [3.8, 4) is 0 Å². The molecule has 9 heteroatoms. The van der Waals surface area contributed by atoms with Gasteiger partial charge < -0.3 is 0 Å². The normalized spacial score (nSPS) is 21.8. The summed E-state index contributed by atoms with van der Waals surface area (Å²) in [5.74, 6) is -0.252. The highest BCUT2D eigenvalue weighted by molar-refractivity contribution is 7.86. The van der Waals surface area contributed by atoms with Crippen LogP contribution in [0, 0.1) is 0 Å². The summed E-state index contributed by atoms with van der Waals surface area (Å²) in [7, 11) is -8.23. The fourth-order valence-corrected chi connectivity index (χ4v) is 5.26. The van der Waals surface area contributed by atoms with Gasteiger partial charge in [0.05, 0.1) is 23.2 Å². The fourth-order valence-electron chi connectivity index (χ4n) is 4.18. The van der Waals surface area contributed by atoms with E-state index in [0.717, 1.165) is 16.5 Å². The first kappa shape index (κ1) is 21.2. The average Bonchev–Trinajstić information content (AvgIpc) is 2.77. The van der Waals surface area contributed by atoms with Gasteiger partial charge in [-0.15, -0.1) is 0 Å². The first-order valence-electron chi connectivity index (χ1n) is 9.18. The molecule has 0 spiro atoms. The van der Waals surface area contributed by atoms with E-state index in [1.54, 1.807) is 6.07 Å². The van der Waals surface area contributed by atoms with Crippen LogP contribution in [0.3, 0.4) is 0 Å². The molecule has 0 amide bonds. The standard InChI is InChI=1S/C19H25NO6S2/c1-13-19(2,3)17-9-6-14-12-15(28(24,25)26)7-8-16(14)18(17)20(13)10-4-5-11-27(21,22)23/h6-9,12-13H,4-5,10-11H2,1-3H3,(H,21,22,23)(H,24,25,26)/p+1. The Morgan fingerprint density at radius 1 is 1.04 bits per heavy atom. The molecule has 2 atom stereocenters. The van der Waals surface area contributed by atoms with Crippen LogP contribution >= 0.6 is 0 Å². The van der Waals surface area contributed by atoms with Crippen molar-refractivity contribution in [2.45, 2.75) is 50.0 Å². The van der Waals surface area contributed by atoms with Crippen molar-refractivity contribution in [3.63, 3.8) is 0 Å². The number of unbranched alkanes of at least 4 members (excludes halogenated alkanes) is 1. The molecular weight excluding hydrogens is 402 g/mol. The summed E-state index contributed by atoms with van der Waals surface area (Å²) < 4.78 is 63.1. The minimum absolute atomic E-state index is 0.108. The zero-order valence-electron chi connectivity index (χ0n) is 16.1. The average molecular weight is 429 g/mol. The molecule has 28 heavy (non-hydrogen) atoms. The topological polar surface area (TPSA) is 113 Å². The molecule has 1 heterocycles. The van der Waals surface area contributed by atoms with E-state index in [9.17, 15) is 21.4 Å². The van der Waals surface area contributed by atoms with Crippen molar-refractivity contribution >= 4 is 36.7 Å². The van der Waals surface area contributed by atoms with Crippen molar-refractivity contribution in [3.05, 3.63) is 35.9 Å². The maximum Gasteiger partial charge on any atom is 0.294 e. The van der Waals surface area contributed by atoms with Crippen molar-refractivity contribution in [1.82, 2.24) is 0 Å². The molecule has 2 aromatic rings. The lowest BCUT2D eigenvalue weighted by Crippen LogP contribution is -3.10. The van der Waals surface area contributed by atoms with Crippen LogP contribution in [-0.2, 0) is 25.7 Å². The predicted molar refractivity (Wildman–Crippen MR) is 107 cm³/mol. The van der Waals surface area contributed by atoms with E-state index in [2.05, 4.69) is 20.8 Å². The maximum absolute atomic E-state index is 11.5. The number of hydrogen-bond donors (Lipinski definition) is 3. The minimum Gasteiger partial charge on any atom is -0.299 e. The molecule has 2 aromatic carbocycles. The van der Waals surface area contributed by atoms with Crippen molar-refractivity contribution < 1.29 is 30.8 Å². The van der Waals surface area contributed by atoms with Crippen LogP contribution in [0.1, 0.15) is 39.2 Å². The summed E-state index contributed by atoms with van der Waals surface area (Å²) in [5, 5.41) is 1.65. The number of quaternary nitrogens is 1. The second-order valence-corrected chi connectivity index (χ2v) is 11.1. The third kappa shape index (κ3) is 3.95. The van der Waals surface area contributed by atoms with Crippen LogP contribution in [0.4, 0.5) is 5.69 Å². The van der Waals surface area contributed by atoms with Gasteiger partial charge in [-0.3, -0.25) is 14.0 Å². The number of benzene rings is 2. The van der Waals surface area contributed by atoms with Crippen LogP contribution < -0.4 is 4.90 Å². The molecule has 3 rings (SSSR count). The lowest BCUT2D eigenvalue weighted by molar-refractivity contribution is -0.855. The van der Waals surface area contributed by atoms with Crippen LogP contribution in [0.5, 0.6) is 0 Å². The Morgan fingerprint density at radius 2 is 1.71 bits per heavy atom. The van der Waals surface area contributed by atoms with E-state index in [0.29, 0.717) is 19.4 Å². The van der Waals surface area contributed by atoms with Gasteiger partial charge in [0.15, 0.2) is 0 Å². The van der Waals surface area contributed by atoms with Gasteiger partial charge in [-0.05, 0) is 57.2 Å². The second kappa shape index (κ2) is 7.07. The monoisotopic (exact) mass is 428 g/mol. The van der Waals surface area contributed by atoms with Gasteiger partial charge in [0.25, 0.3) is 20.2 Å². The lowest BCUT2D eigenvalue weighted by atomic mass is 9.81. The molecule has 0 aromatic heterocycles. The van der Waals surface area contributed by atoms with Crippen LogP contribution in [0.25, 0.3) is 10.8 Å². The Morgan fingerprint density at radius 3 is 2.32 bits per heavy atom. The smallest absolute Gasteiger partial charge is 0.294 e. The van der Waals surface area contributed by atoms with Gasteiger partial charge in [0.1, 0.15) is 5.69 Å². The molecular formula is C19H26NO6S2+. The van der Waals surface area contributed by atoms with Crippen molar-refractivity contribution in [1.29, 1.82) is 0 Å². The summed E-state index contributed by atoms with van der Waals surface area (Å²) in [6.45, 7) is 7.18. The molecule has 0 radical (unpaired) electrons. The number of rotatable bonds is 6. The molecule has 3 N–H and O–H groups in total. The fraction of sp³-hybridized carbons (Fsp3) is 0.474. The first-order valence-corrected chi connectivity index (χ1v) is 12.2. The number of fused-ring (bicyclic) bond motifs is 3. The lowest BCUT2D eigenvalue weighted by Gasteiger charge is -2.26. The van der Waals surface area contributed by atoms with E-state index in [-0.39, 0.29) is 22.1 Å². The summed E-state index contributed by atoms with van der Waals surface area (Å²) >= 11 is 0. The second-order valence-electron chi connectivity index (χ2n) is 8.06. The van der Waals surface area contributed by atoms with E-state index >= 15 is 0 Å². The molecule has 1 aliphatic rings. The van der Waals surface area contributed by atoms with Gasteiger partial charge in [0.2, 0.25) is 0 Å². The molecule has 0 saturated carbocycles. The summed E-state index contributed by atoms with van der Waals surface area (Å²) in [4.78, 5) is 1.07. The SMILES string of the molecule is CC1[NH+](CCCCS(=O)(=O)O)c2c(ccc3cc(S(=O)(=O)O)ccc23)C1(C)C. The highest BCUT2D eigenvalue weighted by Crippen LogP contribution is 2.40. The first-order chi connectivity index (χ1) is 12.8. The van der Waals surface area contributed by atoms with Gasteiger partial charge >= 0.3 is 0 Å². The zero-order chi connectivity index (χ0) is 20.9. The van der Waals surface area contributed by atoms with Crippen LogP contribution in [0.2, 0.25) is 0 Å². The third-order valence-corrected chi connectivity index (χ3v) is 7.66. The Balaban J connectivity index is 2.02. The third-order valence-electron chi connectivity index (χ3n) is 6.01. The Hall–Kier alpha value is -1.52. The Labute approximate surface area is 165 Å². The largest absolute Gasteiger partial charge is 0.299 e. The van der Waals surface area contributed by atoms with Gasteiger partial charge in [0, 0.05) is 16.4 Å². The molecule has 0 bridgehead atoms. The quantitative estimate of drug-likeness (QED) is 0.479. The Kier molecular flexibility index (Phi) is 5.35. The van der Waals surface area contributed by atoms with E-state index in [1.165, 1.54) is 22.6 Å². The van der Waals surface area contributed by atoms with Gasteiger partial charge in [-0.2, -0.15) is 16.8 Å². The molecule has 0 fully saturated rings. The van der Waals surface area contributed by atoms with Crippen LogP contribution in [-0.4, -0.2) is 44.3 Å². The highest BCUT2D eigenvalue weighted by atomic mass is 32.2. The Bertz CT molecular complexity index is 1120. The van der Waals surface area contributed by atoms with Crippen molar-refractivity contribution in [2.24, 2.45) is 0 Å². The van der Waals surface area contributed by atoms with Gasteiger partial charge in [-0.1, -0.05) is 12.1 Å². The molecule has 0 saturated heterocycles. The summed E-state index contributed by atoms with van der Waals surface area (Å²) in [6.07, 6.45) is 1.01. The minimum atomic E-state index is -4.27. The zero-order valence-corrected chi connectivity index (χ0v) is 17.8.